The van der Waals surface area contributed by atoms with Gasteiger partial charge in [-0.15, -0.1) is 11.3 Å². The second kappa shape index (κ2) is 5.27. The molecule has 4 heteroatoms. The lowest BCUT2D eigenvalue weighted by Crippen LogP contribution is -2.11. The molecule has 0 saturated heterocycles. The van der Waals surface area contributed by atoms with Crippen LogP contribution in [0.4, 0.5) is 0 Å². The summed E-state index contributed by atoms with van der Waals surface area (Å²) in [4.78, 5) is 2.54. The molecule has 1 N–H and O–H groups in total. The van der Waals surface area contributed by atoms with Crippen molar-refractivity contribution in [3.05, 3.63) is 28.8 Å². The average molecular weight is 236 g/mol. The molecule has 0 aliphatic rings. The summed E-state index contributed by atoms with van der Waals surface area (Å²) in [5.74, 6) is 0.908. The van der Waals surface area contributed by atoms with Crippen molar-refractivity contribution < 1.29 is 4.52 Å². The zero-order chi connectivity index (χ0) is 11.4. The van der Waals surface area contributed by atoms with Crippen LogP contribution in [0.15, 0.2) is 22.9 Å². The number of aromatic nitrogens is 1. The van der Waals surface area contributed by atoms with Gasteiger partial charge in [-0.25, -0.2) is 0 Å². The Balaban J connectivity index is 2.22. The Bertz CT molecular complexity index is 447. The van der Waals surface area contributed by atoms with Gasteiger partial charge in [-0.05, 0) is 25.1 Å². The maximum Gasteiger partial charge on any atom is 0.181 e. The molecule has 2 heterocycles. The summed E-state index contributed by atoms with van der Waals surface area (Å²) in [5, 5.41) is 7.16. The van der Waals surface area contributed by atoms with Gasteiger partial charge in [0, 0.05) is 17.0 Å². The van der Waals surface area contributed by atoms with Crippen molar-refractivity contribution in [1.82, 2.24) is 10.5 Å². The molecule has 0 atom stereocenters. The monoisotopic (exact) mass is 236 g/mol. The van der Waals surface area contributed by atoms with Crippen LogP contribution in [0.2, 0.25) is 0 Å². The van der Waals surface area contributed by atoms with Gasteiger partial charge in [0.2, 0.25) is 0 Å². The Morgan fingerprint density at radius 3 is 2.94 bits per heavy atom. The fourth-order valence-electron chi connectivity index (χ4n) is 1.54. The molecule has 0 bridgehead atoms. The third-order valence-corrected chi connectivity index (χ3v) is 3.67. The molecular formula is C12H16N2OS. The minimum absolute atomic E-state index is 0.814. The highest BCUT2D eigenvalue weighted by Crippen LogP contribution is 2.30. The highest BCUT2D eigenvalue weighted by molar-refractivity contribution is 7.15. The molecule has 0 aliphatic heterocycles. The minimum atomic E-state index is 0.814. The molecule has 0 unspecified atom stereocenters. The number of nitrogens with zero attached hydrogens (tertiary/aromatic N) is 1. The van der Waals surface area contributed by atoms with Gasteiger partial charge in [0.1, 0.15) is 0 Å². The zero-order valence-corrected chi connectivity index (χ0v) is 10.4. The molecule has 0 aliphatic carbocycles. The van der Waals surface area contributed by atoms with E-state index >= 15 is 0 Å². The first-order valence-corrected chi connectivity index (χ1v) is 6.40. The van der Waals surface area contributed by atoms with Gasteiger partial charge in [-0.2, -0.15) is 0 Å². The second-order valence-electron chi connectivity index (χ2n) is 3.58. The van der Waals surface area contributed by atoms with Crippen LogP contribution >= 0.6 is 11.3 Å². The van der Waals surface area contributed by atoms with Crippen LogP contribution in [0.25, 0.3) is 10.6 Å². The molecule has 16 heavy (non-hydrogen) atoms. The van der Waals surface area contributed by atoms with E-state index in [1.54, 1.807) is 17.5 Å². The fourth-order valence-corrected chi connectivity index (χ4v) is 2.50. The van der Waals surface area contributed by atoms with Crippen LogP contribution in [0, 0.1) is 0 Å². The van der Waals surface area contributed by atoms with E-state index in [1.807, 2.05) is 0 Å². The summed E-state index contributed by atoms with van der Waals surface area (Å²) < 4.78 is 5.33. The number of hydrogen-bond acceptors (Lipinski definition) is 4. The van der Waals surface area contributed by atoms with Gasteiger partial charge >= 0.3 is 0 Å². The van der Waals surface area contributed by atoms with Gasteiger partial charge in [-0.1, -0.05) is 19.0 Å². The Labute approximate surface area is 99.5 Å². The molecule has 0 radical (unpaired) electrons. The molecule has 3 nitrogen and oxygen atoms in total. The summed E-state index contributed by atoms with van der Waals surface area (Å²) in [6.45, 7) is 6.02. The van der Waals surface area contributed by atoms with Crippen LogP contribution < -0.4 is 5.32 Å². The summed E-state index contributed by atoms with van der Waals surface area (Å²) >= 11 is 1.78. The Morgan fingerprint density at radius 2 is 2.25 bits per heavy atom. The topological polar surface area (TPSA) is 38.1 Å². The van der Waals surface area contributed by atoms with Crippen LogP contribution in [-0.2, 0) is 13.0 Å². The number of nitrogens with one attached hydrogen (secondary N) is 1. The minimum Gasteiger partial charge on any atom is -0.355 e. The molecule has 2 aromatic rings. The lowest BCUT2D eigenvalue weighted by Gasteiger charge is -1.99. The van der Waals surface area contributed by atoms with Gasteiger partial charge in [0.15, 0.2) is 5.76 Å². The fraction of sp³-hybridized carbons (Fsp3) is 0.417. The Morgan fingerprint density at radius 1 is 1.38 bits per heavy atom. The van der Waals surface area contributed by atoms with Gasteiger partial charge in [0.25, 0.3) is 0 Å². The first-order valence-electron chi connectivity index (χ1n) is 5.58. The van der Waals surface area contributed by atoms with E-state index in [2.05, 4.69) is 36.5 Å². The Hall–Kier alpha value is -1.13. The van der Waals surface area contributed by atoms with Crippen molar-refractivity contribution in [2.24, 2.45) is 0 Å². The molecule has 0 fully saturated rings. The van der Waals surface area contributed by atoms with Gasteiger partial charge < -0.3 is 9.84 Å². The SMILES string of the molecule is CCNCc1cnoc1-c1ccc(CC)s1. The predicted octanol–water partition coefficient (Wildman–Crippen LogP) is 3.08. The summed E-state index contributed by atoms with van der Waals surface area (Å²) in [7, 11) is 0. The zero-order valence-electron chi connectivity index (χ0n) is 9.62. The molecule has 86 valence electrons. The van der Waals surface area contributed by atoms with E-state index in [0.717, 1.165) is 30.8 Å². The average Bonchev–Trinajstić information content (AvgIpc) is 2.94. The van der Waals surface area contributed by atoms with Crippen LogP contribution in [0.3, 0.4) is 0 Å². The van der Waals surface area contributed by atoms with Crippen molar-refractivity contribution in [1.29, 1.82) is 0 Å². The van der Waals surface area contributed by atoms with Crippen molar-refractivity contribution in [2.45, 2.75) is 26.8 Å². The number of rotatable bonds is 5. The van der Waals surface area contributed by atoms with Gasteiger partial charge in [0.05, 0.1) is 11.1 Å². The summed E-state index contributed by atoms with van der Waals surface area (Å²) in [6, 6.07) is 4.26. The first-order chi connectivity index (χ1) is 7.85. The van der Waals surface area contributed by atoms with Crippen molar-refractivity contribution in [2.75, 3.05) is 6.54 Å². The van der Waals surface area contributed by atoms with Crippen molar-refractivity contribution in [3.8, 4) is 10.6 Å². The number of thiophene rings is 1. The summed E-state index contributed by atoms with van der Waals surface area (Å²) in [5.41, 5.74) is 1.13. The molecule has 2 aromatic heterocycles. The highest BCUT2D eigenvalue weighted by Gasteiger charge is 2.12. The van der Waals surface area contributed by atoms with E-state index in [0.29, 0.717) is 0 Å². The molecule has 0 amide bonds. The molecular weight excluding hydrogens is 220 g/mol. The lowest BCUT2D eigenvalue weighted by molar-refractivity contribution is 0.432. The van der Waals surface area contributed by atoms with E-state index in [1.165, 1.54) is 9.75 Å². The highest BCUT2D eigenvalue weighted by atomic mass is 32.1. The lowest BCUT2D eigenvalue weighted by atomic mass is 10.2. The van der Waals surface area contributed by atoms with Gasteiger partial charge in [-0.3, -0.25) is 0 Å². The number of aryl methyl sites for hydroxylation is 1. The van der Waals surface area contributed by atoms with Crippen molar-refractivity contribution in [3.63, 3.8) is 0 Å². The largest absolute Gasteiger partial charge is 0.355 e. The third kappa shape index (κ3) is 2.33. The van der Waals surface area contributed by atoms with E-state index in [9.17, 15) is 0 Å². The molecule has 2 rings (SSSR count). The predicted molar refractivity (Wildman–Crippen MR) is 66.6 cm³/mol. The molecule has 0 saturated carbocycles. The van der Waals surface area contributed by atoms with E-state index in [-0.39, 0.29) is 0 Å². The van der Waals surface area contributed by atoms with Crippen LogP contribution in [0.1, 0.15) is 24.3 Å². The Kier molecular flexibility index (Phi) is 3.74. The van der Waals surface area contributed by atoms with Crippen LogP contribution in [-0.4, -0.2) is 11.7 Å². The normalized spacial score (nSPS) is 10.9. The smallest absolute Gasteiger partial charge is 0.181 e. The maximum absolute atomic E-state index is 5.33. The van der Waals surface area contributed by atoms with E-state index in [4.69, 9.17) is 4.52 Å². The van der Waals surface area contributed by atoms with Crippen molar-refractivity contribution >= 4 is 11.3 Å². The summed E-state index contributed by atoms with van der Waals surface area (Å²) in [6.07, 6.45) is 2.87. The first kappa shape index (κ1) is 11.4. The maximum atomic E-state index is 5.33. The molecule has 0 aromatic carbocycles. The molecule has 0 spiro atoms. The third-order valence-electron chi connectivity index (χ3n) is 2.44. The second-order valence-corrected chi connectivity index (χ2v) is 4.75. The van der Waals surface area contributed by atoms with Crippen LogP contribution in [0.5, 0.6) is 0 Å². The van der Waals surface area contributed by atoms with E-state index < -0.39 is 0 Å². The standard InChI is InChI=1S/C12H16N2OS/c1-3-10-5-6-11(16-10)12-9(7-13-4-2)8-14-15-12/h5-6,8,13H,3-4,7H2,1-2H3. The quantitative estimate of drug-likeness (QED) is 0.867. The number of hydrogen-bond donors (Lipinski definition) is 1.